The molecule has 11 heavy (non-hydrogen) atoms. The van der Waals surface area contributed by atoms with Crippen molar-refractivity contribution in [3.63, 3.8) is 0 Å². The topological polar surface area (TPSA) is 26.3 Å². The molecule has 0 unspecified atom stereocenters. The van der Waals surface area contributed by atoms with E-state index in [9.17, 15) is 4.79 Å². The third-order valence-corrected chi connectivity index (χ3v) is 2.95. The van der Waals surface area contributed by atoms with Gasteiger partial charge in [0.15, 0.2) is 0 Å². The highest BCUT2D eigenvalue weighted by Gasteiger charge is 2.02. The van der Waals surface area contributed by atoms with Crippen molar-refractivity contribution >= 4 is 26.9 Å². The average molecular weight is 193 g/mol. The molecule has 0 aliphatic rings. The van der Waals surface area contributed by atoms with E-state index in [0.29, 0.717) is 0 Å². The van der Waals surface area contributed by atoms with Gasteiger partial charge < -0.3 is 4.74 Å². The molecule has 0 spiro atoms. The van der Waals surface area contributed by atoms with Crippen molar-refractivity contribution in [2.45, 2.75) is 26.7 Å². The molecule has 2 nitrogen and oxygen atoms in total. The monoisotopic (exact) mass is 193 g/mol. The van der Waals surface area contributed by atoms with Crippen molar-refractivity contribution in [1.29, 1.82) is 0 Å². The Bertz CT molecular complexity index is 107. The molecule has 4 heteroatoms. The van der Waals surface area contributed by atoms with Crippen LogP contribution in [-0.4, -0.2) is 11.1 Å². The summed E-state index contributed by atoms with van der Waals surface area (Å²) >= 11 is 0. The molecule has 0 N–H and O–H groups in total. The highest BCUT2D eigenvalue weighted by Crippen LogP contribution is 2.24. The van der Waals surface area contributed by atoms with Crippen LogP contribution in [0, 0.1) is 6.61 Å². The zero-order valence-electron chi connectivity index (χ0n) is 6.83. The van der Waals surface area contributed by atoms with Gasteiger partial charge in [0.1, 0.15) is 6.61 Å². The van der Waals surface area contributed by atoms with E-state index >= 15 is 0 Å². The summed E-state index contributed by atoms with van der Waals surface area (Å²) < 4.78 is 4.72. The molecule has 0 aromatic carbocycles. The van der Waals surface area contributed by atoms with Gasteiger partial charge >= 0.3 is 5.30 Å². The maximum Gasteiger partial charge on any atom is 0.378 e. The van der Waals surface area contributed by atoms with Crippen LogP contribution in [0.2, 0.25) is 0 Å². The van der Waals surface area contributed by atoms with Gasteiger partial charge in [-0.1, -0.05) is 24.6 Å². The lowest BCUT2D eigenvalue weighted by Crippen LogP contribution is -1.91. The van der Waals surface area contributed by atoms with Crippen LogP contribution in [0.3, 0.4) is 0 Å². The van der Waals surface area contributed by atoms with Crippen LogP contribution in [0.5, 0.6) is 0 Å². The number of ether oxygens (including phenoxy) is 1. The molecule has 0 saturated carbocycles. The zero-order chi connectivity index (χ0) is 8.53. The van der Waals surface area contributed by atoms with Crippen LogP contribution >= 0.6 is 21.6 Å². The normalized spacial score (nSPS) is 9.64. The fourth-order valence-corrected chi connectivity index (χ4v) is 1.95. The van der Waals surface area contributed by atoms with Crippen LogP contribution in [0.1, 0.15) is 26.7 Å². The van der Waals surface area contributed by atoms with Crippen molar-refractivity contribution in [3.8, 4) is 0 Å². The van der Waals surface area contributed by atoms with E-state index in [-0.39, 0.29) is 5.30 Å². The van der Waals surface area contributed by atoms with Gasteiger partial charge in [-0.3, -0.25) is 0 Å². The standard InChI is InChI=1S/C7H13O2S2/c1-3-5-9-7(8)11-10-6-4-2/h5H,3-4,6H2,1-2H3. The van der Waals surface area contributed by atoms with E-state index < -0.39 is 0 Å². The van der Waals surface area contributed by atoms with Crippen molar-refractivity contribution < 1.29 is 9.53 Å². The molecule has 0 bridgehead atoms. The number of hydrogen-bond donors (Lipinski definition) is 0. The Balaban J connectivity index is 3.09. The maximum absolute atomic E-state index is 10.8. The Kier molecular flexibility index (Phi) is 8.40. The summed E-state index contributed by atoms with van der Waals surface area (Å²) in [6.45, 7) is 5.52. The van der Waals surface area contributed by atoms with Gasteiger partial charge in [0.05, 0.1) is 0 Å². The van der Waals surface area contributed by atoms with Crippen LogP contribution in [0.25, 0.3) is 0 Å². The summed E-state index contributed by atoms with van der Waals surface area (Å²) in [5, 5.41) is -0.217. The maximum atomic E-state index is 10.8. The van der Waals surface area contributed by atoms with Crippen molar-refractivity contribution in [2.75, 3.05) is 5.75 Å². The second kappa shape index (κ2) is 8.27. The molecule has 0 aliphatic heterocycles. The zero-order valence-corrected chi connectivity index (χ0v) is 8.46. The molecule has 0 atom stereocenters. The molecular weight excluding hydrogens is 180 g/mol. The van der Waals surface area contributed by atoms with E-state index in [0.717, 1.165) is 18.6 Å². The smallest absolute Gasteiger partial charge is 0.378 e. The van der Waals surface area contributed by atoms with E-state index in [1.807, 2.05) is 6.92 Å². The molecule has 0 heterocycles. The van der Waals surface area contributed by atoms with Crippen molar-refractivity contribution in [3.05, 3.63) is 6.61 Å². The molecule has 0 fully saturated rings. The molecule has 0 aromatic rings. The lowest BCUT2D eigenvalue weighted by Gasteiger charge is -1.99. The van der Waals surface area contributed by atoms with Crippen LogP contribution in [-0.2, 0) is 4.74 Å². The highest BCUT2D eigenvalue weighted by atomic mass is 33.1. The van der Waals surface area contributed by atoms with E-state index in [1.165, 1.54) is 28.2 Å². The van der Waals surface area contributed by atoms with Gasteiger partial charge in [-0.15, -0.1) is 0 Å². The molecule has 0 aliphatic carbocycles. The Labute approximate surface area is 75.9 Å². The first kappa shape index (κ1) is 11.2. The summed E-state index contributed by atoms with van der Waals surface area (Å²) in [4.78, 5) is 10.8. The molecule has 65 valence electrons. The average Bonchev–Trinajstić information content (AvgIpc) is 2.01. The minimum atomic E-state index is -0.217. The van der Waals surface area contributed by atoms with Gasteiger partial charge in [-0.2, -0.15) is 0 Å². The first-order valence-corrected chi connectivity index (χ1v) is 5.94. The van der Waals surface area contributed by atoms with E-state index in [2.05, 4.69) is 6.92 Å². The third kappa shape index (κ3) is 8.07. The summed E-state index contributed by atoms with van der Waals surface area (Å²) in [5.41, 5.74) is 0. The largest absolute Gasteiger partial charge is 0.450 e. The van der Waals surface area contributed by atoms with Gasteiger partial charge in [0.25, 0.3) is 0 Å². The summed E-state index contributed by atoms with van der Waals surface area (Å²) in [6, 6.07) is 0. The van der Waals surface area contributed by atoms with E-state index in [1.54, 1.807) is 0 Å². The predicted molar refractivity (Wildman–Crippen MR) is 51.4 cm³/mol. The van der Waals surface area contributed by atoms with Gasteiger partial charge in [-0.25, -0.2) is 4.79 Å². The fraction of sp³-hybridized carbons (Fsp3) is 0.714. The van der Waals surface area contributed by atoms with Crippen LogP contribution in [0.4, 0.5) is 4.79 Å². The van der Waals surface area contributed by atoms with Crippen LogP contribution in [0.15, 0.2) is 0 Å². The van der Waals surface area contributed by atoms with Gasteiger partial charge in [-0.05, 0) is 12.8 Å². The number of hydrogen-bond acceptors (Lipinski definition) is 4. The molecule has 0 rings (SSSR count). The fourth-order valence-electron chi connectivity index (χ4n) is 0.344. The Morgan fingerprint density at radius 1 is 1.55 bits per heavy atom. The molecule has 0 saturated heterocycles. The second-order valence-electron chi connectivity index (χ2n) is 1.85. The lowest BCUT2D eigenvalue weighted by atomic mass is 10.5. The van der Waals surface area contributed by atoms with Crippen molar-refractivity contribution in [1.82, 2.24) is 0 Å². The van der Waals surface area contributed by atoms with Crippen molar-refractivity contribution in [2.24, 2.45) is 0 Å². The first-order valence-electron chi connectivity index (χ1n) is 3.63. The number of rotatable bonds is 5. The molecule has 0 amide bonds. The van der Waals surface area contributed by atoms with Gasteiger partial charge in [0.2, 0.25) is 0 Å². The lowest BCUT2D eigenvalue weighted by molar-refractivity contribution is 0.199. The number of carbonyl (C=O) groups is 1. The number of carbonyl (C=O) groups excluding carboxylic acids is 1. The predicted octanol–water partition coefficient (Wildman–Crippen LogP) is 3.49. The molecule has 0 aromatic heterocycles. The molecule has 1 radical (unpaired) electrons. The summed E-state index contributed by atoms with van der Waals surface area (Å²) in [7, 11) is 2.70. The quantitative estimate of drug-likeness (QED) is 0.379. The minimum Gasteiger partial charge on any atom is -0.450 e. The molecular formula is C7H13O2S2. The second-order valence-corrected chi connectivity index (χ2v) is 4.20. The van der Waals surface area contributed by atoms with E-state index in [4.69, 9.17) is 4.74 Å². The Hall–Kier alpha value is 0.170. The van der Waals surface area contributed by atoms with Gasteiger partial charge in [0, 0.05) is 16.5 Å². The Morgan fingerprint density at radius 2 is 2.27 bits per heavy atom. The first-order chi connectivity index (χ1) is 5.31. The highest BCUT2D eigenvalue weighted by molar-refractivity contribution is 8.82. The third-order valence-electron chi connectivity index (χ3n) is 0.761. The summed E-state index contributed by atoms with van der Waals surface area (Å²) in [5.74, 6) is 0.992. The minimum absolute atomic E-state index is 0.217. The SMILES string of the molecule is CC[CH]OC(=O)SSCCC. The Morgan fingerprint density at radius 3 is 2.82 bits per heavy atom. The van der Waals surface area contributed by atoms with Crippen LogP contribution < -0.4 is 0 Å². The summed E-state index contributed by atoms with van der Waals surface area (Å²) in [6.07, 6.45) is 1.85.